The molecule has 0 saturated heterocycles. The zero-order chi connectivity index (χ0) is 16.5. The molecule has 0 unspecified atom stereocenters. The first kappa shape index (κ1) is 17.5. The van der Waals surface area contributed by atoms with E-state index in [0.29, 0.717) is 29.9 Å². The van der Waals surface area contributed by atoms with Crippen LogP contribution in [0, 0.1) is 0 Å². The Hall–Kier alpha value is -1.34. The van der Waals surface area contributed by atoms with Crippen LogP contribution < -0.4 is 8.92 Å². The second-order valence-corrected chi connectivity index (χ2v) is 9.76. The topological polar surface area (TPSA) is 3.24 Å². The van der Waals surface area contributed by atoms with Crippen molar-refractivity contribution >= 4 is 38.8 Å². The quantitative estimate of drug-likeness (QED) is 0.482. The average molecular weight is 445 g/mol. The van der Waals surface area contributed by atoms with E-state index in [9.17, 15) is 0 Å². The molecule has 1 nitrogen and oxygen atoms in total. The van der Waals surface area contributed by atoms with Crippen LogP contribution in [0.25, 0.3) is 0 Å². The van der Waals surface area contributed by atoms with E-state index in [1.54, 1.807) is 0 Å². The molecule has 122 valence electrons. The van der Waals surface area contributed by atoms with Gasteiger partial charge in [-0.2, -0.15) is 0 Å². The molecule has 0 atom stereocenters. The molecule has 0 spiro atoms. The summed E-state index contributed by atoms with van der Waals surface area (Å²) in [6, 6.07) is 32.6. The minimum atomic E-state index is 0.503. The van der Waals surface area contributed by atoms with Crippen molar-refractivity contribution in [3.63, 3.8) is 0 Å². The van der Waals surface area contributed by atoms with Crippen LogP contribution in [0.1, 0.15) is 5.56 Å². The molecule has 0 bridgehead atoms. The van der Waals surface area contributed by atoms with Gasteiger partial charge in [0, 0.05) is 0 Å². The zero-order valence-electron chi connectivity index (χ0n) is 13.5. The predicted octanol–water partition coefficient (Wildman–Crippen LogP) is 2.46. The van der Waals surface area contributed by atoms with Crippen molar-refractivity contribution in [2.45, 2.75) is 6.54 Å². The summed E-state index contributed by atoms with van der Waals surface area (Å²) in [4.78, 5) is 2.62. The van der Waals surface area contributed by atoms with E-state index in [4.69, 9.17) is 0 Å². The third kappa shape index (κ3) is 5.94. The van der Waals surface area contributed by atoms with E-state index in [1.165, 1.54) is 25.4 Å². The second kappa shape index (κ2) is 9.83. The molecule has 3 aromatic carbocycles. The van der Waals surface area contributed by atoms with Crippen LogP contribution in [-0.2, 0) is 6.54 Å². The normalized spacial score (nSPS) is 10.9. The molecule has 0 N–H and O–H groups in total. The van der Waals surface area contributed by atoms with Crippen molar-refractivity contribution < 1.29 is 0 Å². The summed E-state index contributed by atoms with van der Waals surface area (Å²) < 4.78 is 2.96. The molecule has 0 aliphatic heterocycles. The molecular weight excluding hydrogens is 424 g/mol. The van der Waals surface area contributed by atoms with Gasteiger partial charge in [0.25, 0.3) is 0 Å². The van der Waals surface area contributed by atoms with Gasteiger partial charge in [0.2, 0.25) is 0 Å². The number of nitrogens with zero attached hydrogens (tertiary/aromatic N) is 1. The monoisotopic (exact) mass is 447 g/mol. The molecule has 3 rings (SSSR count). The van der Waals surface area contributed by atoms with Crippen molar-refractivity contribution in [3.05, 3.63) is 96.6 Å². The summed E-state index contributed by atoms with van der Waals surface area (Å²) in [7, 11) is 0. The van der Waals surface area contributed by atoms with Gasteiger partial charge in [0.05, 0.1) is 0 Å². The first-order chi connectivity index (χ1) is 11.9. The first-order valence-corrected chi connectivity index (χ1v) is 12.2. The van der Waals surface area contributed by atoms with E-state index in [1.807, 2.05) is 0 Å². The molecule has 3 aromatic rings. The molecule has 0 saturated carbocycles. The van der Waals surface area contributed by atoms with E-state index < -0.39 is 0 Å². The Morgan fingerprint density at radius 3 is 1.42 bits per heavy atom. The molecule has 0 aromatic heterocycles. The minimum absolute atomic E-state index is 0.503. The van der Waals surface area contributed by atoms with Gasteiger partial charge in [-0.05, 0) is 0 Å². The van der Waals surface area contributed by atoms with Gasteiger partial charge in [0.15, 0.2) is 0 Å². The van der Waals surface area contributed by atoms with E-state index in [2.05, 4.69) is 95.9 Å². The second-order valence-electron chi connectivity index (χ2n) is 5.49. The van der Waals surface area contributed by atoms with Gasteiger partial charge >= 0.3 is 158 Å². The van der Waals surface area contributed by atoms with E-state index in [-0.39, 0.29) is 0 Å². The Balaban J connectivity index is 1.61. The van der Waals surface area contributed by atoms with Crippen LogP contribution in [0.15, 0.2) is 91.0 Å². The van der Waals surface area contributed by atoms with Gasteiger partial charge < -0.3 is 0 Å². The molecule has 0 amide bonds. The molecule has 0 heterocycles. The van der Waals surface area contributed by atoms with Crippen molar-refractivity contribution in [3.8, 4) is 0 Å². The third-order valence-corrected chi connectivity index (χ3v) is 8.18. The van der Waals surface area contributed by atoms with Crippen LogP contribution in [0.5, 0.6) is 0 Å². The summed E-state index contributed by atoms with van der Waals surface area (Å²) in [6.07, 6.45) is 0. The van der Waals surface area contributed by atoms with Crippen molar-refractivity contribution in [2.75, 3.05) is 10.9 Å². The fourth-order valence-electron chi connectivity index (χ4n) is 2.34. The van der Waals surface area contributed by atoms with Gasteiger partial charge in [0.1, 0.15) is 0 Å². The SMILES string of the molecule is c1ccc(CN(C[Se]c2ccccc2)C[Se]c2ccccc2)cc1. The number of hydrogen-bond acceptors (Lipinski definition) is 1. The number of rotatable bonds is 8. The fourth-order valence-corrected chi connectivity index (χ4v) is 6.55. The van der Waals surface area contributed by atoms with Crippen molar-refractivity contribution in [2.24, 2.45) is 0 Å². The average Bonchev–Trinajstić information content (AvgIpc) is 2.66. The molecule has 0 fully saturated rings. The maximum atomic E-state index is 2.62. The Morgan fingerprint density at radius 1 is 0.542 bits per heavy atom. The van der Waals surface area contributed by atoms with Gasteiger partial charge in [-0.3, -0.25) is 0 Å². The number of hydrogen-bond donors (Lipinski definition) is 0. The molecule has 3 heteroatoms. The Bertz CT molecular complexity index is 658. The summed E-state index contributed by atoms with van der Waals surface area (Å²) in [6.45, 7) is 1.05. The Labute approximate surface area is 157 Å². The van der Waals surface area contributed by atoms with Crippen LogP contribution in [0.2, 0.25) is 0 Å². The van der Waals surface area contributed by atoms with Gasteiger partial charge in [-0.1, -0.05) is 0 Å². The molecule has 0 aliphatic carbocycles. The third-order valence-electron chi connectivity index (χ3n) is 3.56. The zero-order valence-corrected chi connectivity index (χ0v) is 17.0. The first-order valence-electron chi connectivity index (χ1n) is 8.02. The predicted molar refractivity (Wildman–Crippen MR) is 105 cm³/mol. The maximum absolute atomic E-state index is 2.62. The van der Waals surface area contributed by atoms with Crippen molar-refractivity contribution in [1.82, 2.24) is 4.90 Å². The van der Waals surface area contributed by atoms with E-state index >= 15 is 0 Å². The molecular formula is C21H21NSe2. The van der Waals surface area contributed by atoms with Crippen LogP contribution in [0.3, 0.4) is 0 Å². The van der Waals surface area contributed by atoms with Crippen LogP contribution >= 0.6 is 0 Å². The number of benzene rings is 3. The van der Waals surface area contributed by atoms with Gasteiger partial charge in [-0.15, -0.1) is 0 Å². The Morgan fingerprint density at radius 2 is 0.958 bits per heavy atom. The summed E-state index contributed by atoms with van der Waals surface area (Å²) in [5, 5.41) is 0. The molecule has 24 heavy (non-hydrogen) atoms. The summed E-state index contributed by atoms with van der Waals surface area (Å²) in [5.41, 5.74) is 3.74. The van der Waals surface area contributed by atoms with Gasteiger partial charge in [-0.25, -0.2) is 0 Å². The Kier molecular flexibility index (Phi) is 7.16. The molecule has 0 aliphatic rings. The summed E-state index contributed by atoms with van der Waals surface area (Å²) in [5.74, 6) is 0. The summed E-state index contributed by atoms with van der Waals surface area (Å²) >= 11 is 1.01. The fraction of sp³-hybridized carbons (Fsp3) is 0.143. The van der Waals surface area contributed by atoms with Crippen molar-refractivity contribution in [1.29, 1.82) is 0 Å². The van der Waals surface area contributed by atoms with Crippen LogP contribution in [-0.4, -0.2) is 45.7 Å². The van der Waals surface area contributed by atoms with E-state index in [0.717, 1.165) is 6.54 Å². The van der Waals surface area contributed by atoms with Crippen LogP contribution in [0.4, 0.5) is 0 Å². The standard InChI is InChI=1S/C21H21NSe2/c1-4-10-19(11-5-1)16-22(17-23-20-12-6-2-7-13-20)18-24-21-14-8-3-9-15-21/h1-15H,16-18H2. The molecule has 0 radical (unpaired) electrons.